The van der Waals surface area contributed by atoms with Crippen molar-refractivity contribution in [2.45, 2.75) is 30.9 Å². The molecule has 1 aliphatic heterocycles. The lowest BCUT2D eigenvalue weighted by molar-refractivity contribution is 0.409. The predicted molar refractivity (Wildman–Crippen MR) is 131 cm³/mol. The molecule has 1 aromatic heterocycles. The van der Waals surface area contributed by atoms with Gasteiger partial charge in [-0.05, 0) is 104 Å². The number of hydrogen-bond donors (Lipinski definition) is 1. The van der Waals surface area contributed by atoms with E-state index in [1.807, 2.05) is 31.2 Å². The van der Waals surface area contributed by atoms with Crippen molar-refractivity contribution in [1.29, 1.82) is 0 Å². The van der Waals surface area contributed by atoms with Gasteiger partial charge in [0, 0.05) is 22.0 Å². The lowest BCUT2D eigenvalue weighted by Gasteiger charge is -2.16. The first kappa shape index (κ1) is 21.0. The van der Waals surface area contributed by atoms with Crippen LogP contribution in [0.3, 0.4) is 0 Å². The van der Waals surface area contributed by atoms with Crippen LogP contribution in [0.1, 0.15) is 30.0 Å². The van der Waals surface area contributed by atoms with E-state index in [0.29, 0.717) is 20.8 Å². The Morgan fingerprint density at radius 2 is 1.97 bits per heavy atom. The fraction of sp³-hybridized carbons (Fsp3) is 0.333. The number of halogens is 1. The van der Waals surface area contributed by atoms with Crippen LogP contribution in [-0.4, -0.2) is 33.5 Å². The summed E-state index contributed by atoms with van der Waals surface area (Å²) in [4.78, 5) is 2.37. The molecule has 5 rings (SSSR count). The smallest absolute Gasteiger partial charge is 0.271 e. The van der Waals surface area contributed by atoms with E-state index in [0.717, 1.165) is 41.6 Å². The van der Waals surface area contributed by atoms with Crippen molar-refractivity contribution in [3.8, 4) is 0 Å². The Bertz CT molecular complexity index is 1340. The fourth-order valence-corrected chi connectivity index (χ4v) is 7.99. The number of likely N-dealkylation sites (tertiary alicyclic amines) is 1. The Morgan fingerprint density at radius 1 is 1.16 bits per heavy atom. The Labute approximate surface area is 192 Å². The number of nitrogens with zero attached hydrogens (tertiary/aromatic N) is 1. The number of allylic oxidation sites excluding steroid dienone is 1. The molecule has 1 fully saturated rings. The first-order valence-corrected chi connectivity index (χ1v) is 13.1. The summed E-state index contributed by atoms with van der Waals surface area (Å²) in [5, 5.41) is 1.49. The molecule has 2 aliphatic rings. The Hall–Kier alpha value is -1.86. The molecule has 3 aromatic rings. The number of aryl methyl sites for hydroxylation is 1. The highest BCUT2D eigenvalue weighted by Gasteiger charge is 2.30. The third kappa shape index (κ3) is 3.69. The maximum atomic E-state index is 13.3. The second-order valence-electron chi connectivity index (χ2n) is 8.75. The van der Waals surface area contributed by atoms with Gasteiger partial charge in [0.1, 0.15) is 4.21 Å². The highest BCUT2D eigenvalue weighted by Crippen LogP contribution is 2.42. The third-order valence-electron chi connectivity index (χ3n) is 6.47. The zero-order valence-electron chi connectivity index (χ0n) is 17.8. The summed E-state index contributed by atoms with van der Waals surface area (Å²) >= 11 is 7.40. The van der Waals surface area contributed by atoms with Crippen molar-refractivity contribution in [2.75, 3.05) is 24.9 Å². The van der Waals surface area contributed by atoms with E-state index in [9.17, 15) is 8.42 Å². The van der Waals surface area contributed by atoms with Gasteiger partial charge in [0.05, 0.1) is 0 Å². The summed E-state index contributed by atoms with van der Waals surface area (Å²) in [7, 11) is -1.53. The molecule has 1 aliphatic carbocycles. The highest BCUT2D eigenvalue weighted by atomic mass is 35.5. The molecule has 2 heterocycles. The summed E-state index contributed by atoms with van der Waals surface area (Å²) in [6.45, 7) is 6.22. The molecule has 2 aromatic carbocycles. The Balaban J connectivity index is 1.49. The molecule has 0 spiro atoms. The topological polar surface area (TPSA) is 49.4 Å². The van der Waals surface area contributed by atoms with Crippen molar-refractivity contribution >= 4 is 54.3 Å². The summed E-state index contributed by atoms with van der Waals surface area (Å²) in [5.41, 5.74) is 6.67. The van der Waals surface area contributed by atoms with Crippen LogP contribution in [0.15, 0.2) is 46.2 Å². The summed E-state index contributed by atoms with van der Waals surface area (Å²) in [5.74, 6) is 0.521. The molecule has 1 atom stereocenters. The van der Waals surface area contributed by atoms with Crippen molar-refractivity contribution in [3.05, 3.63) is 63.7 Å². The van der Waals surface area contributed by atoms with Gasteiger partial charge in [-0.25, -0.2) is 8.42 Å². The Kier molecular flexibility index (Phi) is 5.17. The second kappa shape index (κ2) is 7.62. The number of fused-ring (bicyclic) bond motifs is 2. The summed E-state index contributed by atoms with van der Waals surface area (Å²) in [6, 6.07) is 11.5. The van der Waals surface area contributed by atoms with Crippen molar-refractivity contribution in [2.24, 2.45) is 5.92 Å². The number of benzene rings is 2. The van der Waals surface area contributed by atoms with E-state index >= 15 is 0 Å². The number of rotatable bonds is 4. The van der Waals surface area contributed by atoms with Crippen LogP contribution in [0.5, 0.6) is 0 Å². The van der Waals surface area contributed by atoms with E-state index in [2.05, 4.69) is 29.7 Å². The van der Waals surface area contributed by atoms with Crippen LogP contribution in [0.25, 0.3) is 15.7 Å². The summed E-state index contributed by atoms with van der Waals surface area (Å²) < 4.78 is 30.6. The lowest BCUT2D eigenvalue weighted by Crippen LogP contribution is -2.15. The monoisotopic (exact) mass is 472 g/mol. The molecule has 0 saturated carbocycles. The zero-order valence-corrected chi connectivity index (χ0v) is 20.2. The normalized spacial score (nSPS) is 19.4. The standard InChI is InChI=1S/C24H25ClN2O2S2/c1-14-10-16-4-6-19(12-21(16)23(14)17-8-9-27(3)13-17)26-31(28,29)24-15(2)20-11-18(25)5-7-22(20)30-24/h4-7,11-12,17,26H,8-10,13H2,1-3H3. The maximum Gasteiger partial charge on any atom is 0.271 e. The van der Waals surface area contributed by atoms with Gasteiger partial charge in [-0.15, -0.1) is 11.3 Å². The van der Waals surface area contributed by atoms with Gasteiger partial charge in [-0.3, -0.25) is 4.72 Å². The average Bonchev–Trinajstić information content (AvgIpc) is 3.37. The van der Waals surface area contributed by atoms with Gasteiger partial charge in [0.15, 0.2) is 0 Å². The Morgan fingerprint density at radius 3 is 2.71 bits per heavy atom. The molecule has 0 bridgehead atoms. The minimum absolute atomic E-state index is 0.342. The van der Waals surface area contributed by atoms with Crippen molar-refractivity contribution in [1.82, 2.24) is 4.90 Å². The molecule has 1 N–H and O–H groups in total. The number of anilines is 1. The maximum absolute atomic E-state index is 13.3. The highest BCUT2D eigenvalue weighted by molar-refractivity contribution is 7.94. The quantitative estimate of drug-likeness (QED) is 0.510. The molecule has 31 heavy (non-hydrogen) atoms. The van der Waals surface area contributed by atoms with Gasteiger partial charge < -0.3 is 4.90 Å². The van der Waals surface area contributed by atoms with E-state index in [1.165, 1.54) is 33.6 Å². The summed E-state index contributed by atoms with van der Waals surface area (Å²) in [6.07, 6.45) is 2.11. The van der Waals surface area contributed by atoms with E-state index in [4.69, 9.17) is 11.6 Å². The first-order valence-electron chi connectivity index (χ1n) is 10.5. The molecule has 0 radical (unpaired) electrons. The molecular weight excluding hydrogens is 448 g/mol. The lowest BCUT2D eigenvalue weighted by atomic mass is 9.91. The molecule has 162 valence electrons. The predicted octanol–water partition coefficient (Wildman–Crippen LogP) is 5.95. The van der Waals surface area contributed by atoms with Crippen LogP contribution in [0.4, 0.5) is 5.69 Å². The number of sulfonamides is 1. The van der Waals surface area contributed by atoms with Crippen molar-refractivity contribution in [3.63, 3.8) is 0 Å². The van der Waals surface area contributed by atoms with Gasteiger partial charge in [-0.1, -0.05) is 23.2 Å². The fourth-order valence-electron chi connectivity index (χ4n) is 5.02. The minimum Gasteiger partial charge on any atom is -0.306 e. The third-order valence-corrected chi connectivity index (χ3v) is 9.98. The van der Waals surface area contributed by atoms with Crippen LogP contribution in [-0.2, 0) is 16.4 Å². The molecule has 0 amide bonds. The SMILES string of the molecule is CC1=C(C2CCN(C)C2)c2cc(NS(=O)(=O)c3sc4ccc(Cl)cc4c3C)ccc2C1. The molecular formula is C24H25ClN2O2S2. The molecule has 7 heteroatoms. The largest absolute Gasteiger partial charge is 0.306 e. The van der Waals surface area contributed by atoms with E-state index < -0.39 is 10.0 Å². The van der Waals surface area contributed by atoms with Gasteiger partial charge in [0.25, 0.3) is 10.0 Å². The molecule has 4 nitrogen and oxygen atoms in total. The van der Waals surface area contributed by atoms with Crippen LogP contribution >= 0.6 is 22.9 Å². The minimum atomic E-state index is -3.69. The first-order chi connectivity index (χ1) is 14.7. The van der Waals surface area contributed by atoms with E-state index in [1.54, 1.807) is 6.07 Å². The van der Waals surface area contributed by atoms with Gasteiger partial charge in [0.2, 0.25) is 0 Å². The van der Waals surface area contributed by atoms with Gasteiger partial charge in [-0.2, -0.15) is 0 Å². The number of nitrogens with one attached hydrogen (secondary N) is 1. The second-order valence-corrected chi connectivity index (χ2v) is 12.1. The van der Waals surface area contributed by atoms with Crippen LogP contribution in [0, 0.1) is 12.8 Å². The van der Waals surface area contributed by atoms with Crippen LogP contribution in [0.2, 0.25) is 5.02 Å². The zero-order chi connectivity index (χ0) is 21.9. The van der Waals surface area contributed by atoms with E-state index in [-0.39, 0.29) is 0 Å². The van der Waals surface area contributed by atoms with Crippen molar-refractivity contribution < 1.29 is 8.42 Å². The molecule has 1 saturated heterocycles. The van der Waals surface area contributed by atoms with Gasteiger partial charge >= 0.3 is 0 Å². The molecule has 1 unspecified atom stereocenters. The average molecular weight is 473 g/mol. The van der Waals surface area contributed by atoms with Crippen LogP contribution < -0.4 is 4.72 Å². The number of hydrogen-bond acceptors (Lipinski definition) is 4. The number of thiophene rings is 1.